The number of sulfonamides is 1. The van der Waals surface area contributed by atoms with Gasteiger partial charge in [0.15, 0.2) is 0 Å². The summed E-state index contributed by atoms with van der Waals surface area (Å²) in [5.74, 6) is 0. The highest BCUT2D eigenvalue weighted by molar-refractivity contribution is 7.89. The van der Waals surface area contributed by atoms with E-state index in [1.165, 1.54) is 11.3 Å². The minimum Gasteiger partial charge on any atom is -0.312 e. The Morgan fingerprint density at radius 1 is 1.45 bits per heavy atom. The van der Waals surface area contributed by atoms with Crippen molar-refractivity contribution in [2.45, 2.75) is 45.1 Å². The van der Waals surface area contributed by atoms with E-state index in [2.05, 4.69) is 19.2 Å². The van der Waals surface area contributed by atoms with E-state index in [1.54, 1.807) is 10.4 Å². The van der Waals surface area contributed by atoms with Crippen molar-refractivity contribution in [3.8, 4) is 0 Å². The normalized spacial score (nSPS) is 20.1. The summed E-state index contributed by atoms with van der Waals surface area (Å²) in [4.78, 5) is 1.40. The molecule has 1 aromatic heterocycles. The summed E-state index contributed by atoms with van der Waals surface area (Å²) < 4.78 is 27.3. The lowest BCUT2D eigenvalue weighted by atomic mass is 9.85. The van der Waals surface area contributed by atoms with Gasteiger partial charge in [-0.3, -0.25) is 0 Å². The molecule has 1 fully saturated rings. The zero-order valence-corrected chi connectivity index (χ0v) is 14.1. The van der Waals surface area contributed by atoms with Crippen molar-refractivity contribution in [1.29, 1.82) is 0 Å². The number of thiophene rings is 1. The lowest BCUT2D eigenvalue weighted by Crippen LogP contribution is -2.43. The summed E-state index contributed by atoms with van der Waals surface area (Å²) in [6, 6.07) is 1.74. The quantitative estimate of drug-likeness (QED) is 0.908. The molecule has 1 N–H and O–H groups in total. The monoisotopic (exact) mass is 316 g/mol. The largest absolute Gasteiger partial charge is 0.312 e. The Hall–Kier alpha value is -0.430. The first-order chi connectivity index (χ1) is 9.37. The highest BCUT2D eigenvalue weighted by Crippen LogP contribution is 2.33. The van der Waals surface area contributed by atoms with Crippen LogP contribution in [-0.4, -0.2) is 32.4 Å². The van der Waals surface area contributed by atoms with Gasteiger partial charge in [-0.15, -0.1) is 11.3 Å². The molecule has 114 valence electrons. The van der Waals surface area contributed by atoms with Gasteiger partial charge in [0, 0.05) is 24.5 Å². The number of hydrogen-bond donors (Lipinski definition) is 1. The molecule has 6 heteroatoms. The number of hydrogen-bond acceptors (Lipinski definition) is 4. The van der Waals surface area contributed by atoms with Crippen molar-refractivity contribution in [3.05, 3.63) is 16.3 Å². The maximum Gasteiger partial charge on any atom is 0.244 e. The van der Waals surface area contributed by atoms with Crippen molar-refractivity contribution in [3.63, 3.8) is 0 Å². The average molecular weight is 316 g/mol. The van der Waals surface area contributed by atoms with Gasteiger partial charge in [0.25, 0.3) is 0 Å². The van der Waals surface area contributed by atoms with Crippen LogP contribution in [-0.2, 0) is 16.6 Å². The Bertz CT molecular complexity index is 549. The molecule has 0 radical (unpaired) electrons. The van der Waals surface area contributed by atoms with Gasteiger partial charge in [-0.25, -0.2) is 8.42 Å². The van der Waals surface area contributed by atoms with Crippen LogP contribution < -0.4 is 5.32 Å². The molecule has 0 spiro atoms. The van der Waals surface area contributed by atoms with E-state index in [-0.39, 0.29) is 5.41 Å². The Morgan fingerprint density at radius 2 is 2.20 bits per heavy atom. The van der Waals surface area contributed by atoms with E-state index in [1.807, 2.05) is 12.3 Å². The lowest BCUT2D eigenvalue weighted by Gasteiger charge is -2.37. The first-order valence-electron chi connectivity index (χ1n) is 7.14. The Kier molecular flexibility index (Phi) is 4.89. The predicted molar refractivity (Wildman–Crippen MR) is 83.5 cm³/mol. The fourth-order valence-corrected chi connectivity index (χ4v) is 5.69. The SMILES string of the molecule is CCNCc1sccc1S(=O)(=O)N1CCCC(C)(C)C1. The van der Waals surface area contributed by atoms with Crippen LogP contribution in [0.25, 0.3) is 0 Å². The van der Waals surface area contributed by atoms with Crippen LogP contribution >= 0.6 is 11.3 Å². The Morgan fingerprint density at radius 3 is 2.85 bits per heavy atom. The van der Waals surface area contributed by atoms with Crippen LogP contribution in [0.5, 0.6) is 0 Å². The molecule has 0 unspecified atom stereocenters. The second-order valence-electron chi connectivity index (χ2n) is 6.09. The summed E-state index contributed by atoms with van der Waals surface area (Å²) in [6.07, 6.45) is 2.03. The van der Waals surface area contributed by atoms with Gasteiger partial charge in [0.1, 0.15) is 0 Å². The zero-order chi connectivity index (χ0) is 14.8. The maximum atomic E-state index is 12.8. The molecule has 1 aliphatic heterocycles. The average Bonchev–Trinajstić information content (AvgIpc) is 2.84. The van der Waals surface area contributed by atoms with E-state index in [0.717, 1.165) is 24.3 Å². The van der Waals surface area contributed by atoms with E-state index in [9.17, 15) is 8.42 Å². The predicted octanol–water partition coefficient (Wildman–Crippen LogP) is 2.67. The Balaban J connectivity index is 2.24. The van der Waals surface area contributed by atoms with Crippen molar-refractivity contribution in [2.24, 2.45) is 5.41 Å². The van der Waals surface area contributed by atoms with Gasteiger partial charge < -0.3 is 5.32 Å². The number of nitrogens with zero attached hydrogens (tertiary/aromatic N) is 1. The summed E-state index contributed by atoms with van der Waals surface area (Å²) in [7, 11) is -3.35. The molecule has 20 heavy (non-hydrogen) atoms. The van der Waals surface area contributed by atoms with Gasteiger partial charge in [0.05, 0.1) is 4.90 Å². The smallest absolute Gasteiger partial charge is 0.244 e. The van der Waals surface area contributed by atoms with Crippen LogP contribution in [0.4, 0.5) is 0 Å². The van der Waals surface area contributed by atoms with E-state index in [0.29, 0.717) is 24.5 Å². The third-order valence-electron chi connectivity index (χ3n) is 3.72. The van der Waals surface area contributed by atoms with E-state index < -0.39 is 10.0 Å². The molecule has 0 bridgehead atoms. The molecular formula is C14H24N2O2S2. The van der Waals surface area contributed by atoms with Crippen LogP contribution in [0.15, 0.2) is 16.3 Å². The standard InChI is InChI=1S/C14H24N2O2S2/c1-4-15-10-12-13(6-9-19-12)20(17,18)16-8-5-7-14(2,3)11-16/h6,9,15H,4-5,7-8,10-11H2,1-3H3. The fraction of sp³-hybridized carbons (Fsp3) is 0.714. The molecule has 0 saturated carbocycles. The minimum absolute atomic E-state index is 0.0726. The molecule has 1 saturated heterocycles. The summed E-state index contributed by atoms with van der Waals surface area (Å²) in [5, 5.41) is 5.08. The highest BCUT2D eigenvalue weighted by atomic mass is 32.2. The van der Waals surface area contributed by atoms with Crippen LogP contribution in [0.1, 0.15) is 38.5 Å². The van der Waals surface area contributed by atoms with E-state index in [4.69, 9.17) is 0 Å². The minimum atomic E-state index is -3.35. The van der Waals surface area contributed by atoms with Gasteiger partial charge in [-0.05, 0) is 36.2 Å². The molecule has 2 heterocycles. The molecule has 0 aromatic carbocycles. The fourth-order valence-electron chi connectivity index (χ4n) is 2.64. The summed E-state index contributed by atoms with van der Waals surface area (Å²) in [6.45, 7) is 9.03. The van der Waals surface area contributed by atoms with Gasteiger partial charge >= 0.3 is 0 Å². The van der Waals surface area contributed by atoms with Crippen molar-refractivity contribution in [2.75, 3.05) is 19.6 Å². The number of rotatable bonds is 5. The third kappa shape index (κ3) is 3.42. The number of piperidine rings is 1. The van der Waals surface area contributed by atoms with E-state index >= 15 is 0 Å². The van der Waals surface area contributed by atoms with Gasteiger partial charge in [0.2, 0.25) is 10.0 Å². The second-order valence-corrected chi connectivity index (χ2v) is 9.00. The molecule has 1 aliphatic rings. The number of nitrogens with one attached hydrogen (secondary N) is 1. The van der Waals surface area contributed by atoms with Crippen LogP contribution in [0, 0.1) is 5.41 Å². The molecule has 0 aliphatic carbocycles. The molecule has 1 aromatic rings. The van der Waals surface area contributed by atoms with Crippen molar-refractivity contribution in [1.82, 2.24) is 9.62 Å². The highest BCUT2D eigenvalue weighted by Gasteiger charge is 2.35. The van der Waals surface area contributed by atoms with Gasteiger partial charge in [-0.1, -0.05) is 20.8 Å². The molecule has 4 nitrogen and oxygen atoms in total. The first kappa shape index (κ1) is 15.9. The second kappa shape index (κ2) is 6.13. The van der Waals surface area contributed by atoms with Crippen molar-refractivity contribution >= 4 is 21.4 Å². The summed E-state index contributed by atoms with van der Waals surface area (Å²) in [5.41, 5.74) is 0.0726. The van der Waals surface area contributed by atoms with Crippen molar-refractivity contribution < 1.29 is 8.42 Å². The molecular weight excluding hydrogens is 292 g/mol. The van der Waals surface area contributed by atoms with Gasteiger partial charge in [-0.2, -0.15) is 4.31 Å². The lowest BCUT2D eigenvalue weighted by molar-refractivity contribution is 0.187. The first-order valence-corrected chi connectivity index (χ1v) is 9.46. The van der Waals surface area contributed by atoms with Crippen LogP contribution in [0.2, 0.25) is 0 Å². The topological polar surface area (TPSA) is 49.4 Å². The summed E-state index contributed by atoms with van der Waals surface area (Å²) >= 11 is 1.51. The Labute approximate surface area is 126 Å². The zero-order valence-electron chi connectivity index (χ0n) is 12.5. The molecule has 0 amide bonds. The molecule has 2 rings (SSSR count). The molecule has 0 atom stereocenters. The van der Waals surface area contributed by atoms with Crippen LogP contribution in [0.3, 0.4) is 0 Å². The third-order valence-corrected chi connectivity index (χ3v) is 6.70. The maximum absolute atomic E-state index is 12.8.